The first-order valence-electron chi connectivity index (χ1n) is 4.25. The minimum Gasteiger partial charge on any atom is -0.444 e. The van der Waals surface area contributed by atoms with Crippen molar-refractivity contribution in [2.45, 2.75) is 26.4 Å². The number of rotatable bonds is 3. The van der Waals surface area contributed by atoms with E-state index in [-0.39, 0.29) is 13.1 Å². The molecule has 0 unspecified atom stereocenters. The second-order valence-corrected chi connectivity index (χ2v) is 3.73. The van der Waals surface area contributed by atoms with Crippen molar-refractivity contribution in [2.24, 2.45) is 0 Å². The Hall–Kier alpha value is -1.50. The average molecular weight is 197 g/mol. The lowest BCUT2D eigenvalue weighted by Crippen LogP contribution is -2.38. The Morgan fingerprint density at radius 3 is 2.50 bits per heavy atom. The molecular weight excluding hydrogens is 182 g/mol. The van der Waals surface area contributed by atoms with Gasteiger partial charge in [0.15, 0.2) is 0 Å². The molecule has 78 valence electrons. The molecule has 0 aliphatic carbocycles. The van der Waals surface area contributed by atoms with Crippen molar-refractivity contribution in [1.29, 1.82) is 0 Å². The summed E-state index contributed by atoms with van der Waals surface area (Å²) >= 11 is 0. The quantitative estimate of drug-likeness (QED) is 0.502. The molecule has 4 nitrogen and oxygen atoms in total. The minimum atomic E-state index is -0.577. The van der Waals surface area contributed by atoms with Crippen molar-refractivity contribution in [1.82, 2.24) is 4.90 Å². The van der Waals surface area contributed by atoms with Gasteiger partial charge in [0.25, 0.3) is 0 Å². The summed E-state index contributed by atoms with van der Waals surface area (Å²) in [6, 6.07) is 0. The molecule has 1 amide bonds. The van der Waals surface area contributed by atoms with Gasteiger partial charge >= 0.3 is 6.09 Å². The fraction of sp³-hybridized carbons (Fsp3) is 0.600. The molecule has 0 N–H and O–H groups in total. The molecule has 0 saturated heterocycles. The third-order valence-corrected chi connectivity index (χ3v) is 1.23. The van der Waals surface area contributed by atoms with Gasteiger partial charge in [-0.1, -0.05) is 5.92 Å². The maximum atomic E-state index is 11.4. The highest BCUT2D eigenvalue weighted by Gasteiger charge is 2.20. The summed E-state index contributed by atoms with van der Waals surface area (Å²) in [5, 5.41) is 0. The van der Waals surface area contributed by atoms with Crippen LogP contribution in [-0.4, -0.2) is 36.0 Å². The van der Waals surface area contributed by atoms with Crippen molar-refractivity contribution in [3.8, 4) is 12.3 Å². The first-order valence-corrected chi connectivity index (χ1v) is 4.25. The summed E-state index contributed by atoms with van der Waals surface area (Å²) in [4.78, 5) is 22.8. The van der Waals surface area contributed by atoms with Crippen molar-refractivity contribution in [3.05, 3.63) is 0 Å². The van der Waals surface area contributed by atoms with Crippen LogP contribution in [0.5, 0.6) is 0 Å². The van der Waals surface area contributed by atoms with Gasteiger partial charge in [-0.15, -0.1) is 6.42 Å². The molecule has 0 bridgehead atoms. The standard InChI is InChI=1S/C10H15NO3/c1-5-6-11(7-8-12)9(13)14-10(2,3)4/h1,8H,6-7H2,2-4H3. The molecule has 0 aromatic heterocycles. The monoisotopic (exact) mass is 197 g/mol. The SMILES string of the molecule is C#CCN(CC=O)C(=O)OC(C)(C)C. The Morgan fingerprint density at radius 1 is 1.57 bits per heavy atom. The van der Waals surface area contributed by atoms with Crippen molar-refractivity contribution < 1.29 is 14.3 Å². The van der Waals surface area contributed by atoms with Crippen LogP contribution in [0, 0.1) is 12.3 Å². The number of amides is 1. The van der Waals surface area contributed by atoms with E-state index >= 15 is 0 Å². The Balaban J connectivity index is 4.30. The third-order valence-electron chi connectivity index (χ3n) is 1.23. The number of carbonyl (C=O) groups excluding carboxylic acids is 2. The van der Waals surface area contributed by atoms with Crippen LogP contribution in [0.1, 0.15) is 20.8 Å². The molecule has 0 rings (SSSR count). The molecule has 0 fully saturated rings. The Bertz CT molecular complexity index is 247. The lowest BCUT2D eigenvalue weighted by atomic mass is 10.2. The molecule has 14 heavy (non-hydrogen) atoms. The van der Waals surface area contributed by atoms with Gasteiger partial charge in [-0.2, -0.15) is 0 Å². The number of ether oxygens (including phenoxy) is 1. The predicted molar refractivity (Wildman–Crippen MR) is 52.7 cm³/mol. The van der Waals surface area contributed by atoms with Crippen molar-refractivity contribution in [2.75, 3.05) is 13.1 Å². The molecule has 0 aromatic carbocycles. The molecule has 0 spiro atoms. The molecule has 4 heteroatoms. The van der Waals surface area contributed by atoms with Crippen LogP contribution in [0.4, 0.5) is 4.79 Å². The number of hydrogen-bond acceptors (Lipinski definition) is 3. The summed E-state index contributed by atoms with van der Waals surface area (Å²) in [5.74, 6) is 2.29. The van der Waals surface area contributed by atoms with Gasteiger partial charge in [0.1, 0.15) is 11.9 Å². The van der Waals surface area contributed by atoms with Gasteiger partial charge in [-0.05, 0) is 20.8 Å². The Labute approximate surface area is 84.2 Å². The van der Waals surface area contributed by atoms with Crippen molar-refractivity contribution >= 4 is 12.4 Å². The lowest BCUT2D eigenvalue weighted by Gasteiger charge is -2.24. The van der Waals surface area contributed by atoms with Gasteiger partial charge in [0, 0.05) is 0 Å². The van der Waals surface area contributed by atoms with Crippen LogP contribution in [0.2, 0.25) is 0 Å². The number of terminal acetylenes is 1. The largest absolute Gasteiger partial charge is 0.444 e. The Kier molecular flexibility index (Phi) is 4.71. The summed E-state index contributed by atoms with van der Waals surface area (Å²) in [6.07, 6.45) is 5.09. The van der Waals surface area contributed by atoms with E-state index in [4.69, 9.17) is 11.2 Å². The molecule has 0 atom stereocenters. The molecule has 0 aliphatic heterocycles. The second kappa shape index (κ2) is 5.28. The van der Waals surface area contributed by atoms with E-state index in [0.29, 0.717) is 6.29 Å². The topological polar surface area (TPSA) is 46.6 Å². The number of carbonyl (C=O) groups is 2. The van der Waals surface area contributed by atoms with E-state index < -0.39 is 11.7 Å². The summed E-state index contributed by atoms with van der Waals surface area (Å²) < 4.78 is 5.04. The van der Waals surface area contributed by atoms with E-state index in [1.54, 1.807) is 20.8 Å². The lowest BCUT2D eigenvalue weighted by molar-refractivity contribution is -0.108. The van der Waals surface area contributed by atoms with Crippen LogP contribution in [0.15, 0.2) is 0 Å². The van der Waals surface area contributed by atoms with Crippen LogP contribution in [-0.2, 0) is 9.53 Å². The van der Waals surface area contributed by atoms with E-state index in [9.17, 15) is 9.59 Å². The fourth-order valence-corrected chi connectivity index (χ4v) is 0.730. The summed E-state index contributed by atoms with van der Waals surface area (Å²) in [6.45, 7) is 5.28. The fourth-order valence-electron chi connectivity index (χ4n) is 0.730. The summed E-state index contributed by atoms with van der Waals surface area (Å²) in [5.41, 5.74) is -0.577. The van der Waals surface area contributed by atoms with Gasteiger partial charge in [0.05, 0.1) is 13.1 Å². The molecule has 0 saturated carbocycles. The van der Waals surface area contributed by atoms with Gasteiger partial charge in [0.2, 0.25) is 0 Å². The first-order chi connectivity index (χ1) is 6.40. The van der Waals surface area contributed by atoms with Crippen molar-refractivity contribution in [3.63, 3.8) is 0 Å². The Morgan fingerprint density at radius 2 is 2.14 bits per heavy atom. The zero-order chi connectivity index (χ0) is 11.2. The maximum absolute atomic E-state index is 11.4. The van der Waals surface area contributed by atoms with Gasteiger partial charge in [-0.25, -0.2) is 4.79 Å². The van der Waals surface area contributed by atoms with Crippen LogP contribution in [0.25, 0.3) is 0 Å². The van der Waals surface area contributed by atoms with Crippen LogP contribution in [0.3, 0.4) is 0 Å². The zero-order valence-electron chi connectivity index (χ0n) is 8.74. The summed E-state index contributed by atoms with van der Waals surface area (Å²) in [7, 11) is 0. The van der Waals surface area contributed by atoms with Gasteiger partial charge in [-0.3, -0.25) is 4.90 Å². The highest BCUT2D eigenvalue weighted by atomic mass is 16.6. The molecular formula is C10H15NO3. The third kappa shape index (κ3) is 5.20. The van der Waals surface area contributed by atoms with Crippen LogP contribution < -0.4 is 0 Å². The molecule has 0 heterocycles. The van der Waals surface area contributed by atoms with E-state index in [2.05, 4.69) is 5.92 Å². The number of aldehydes is 1. The van der Waals surface area contributed by atoms with E-state index in [1.165, 1.54) is 0 Å². The average Bonchev–Trinajstić information content (AvgIpc) is 2.01. The second-order valence-electron chi connectivity index (χ2n) is 3.73. The number of hydrogen-bond donors (Lipinski definition) is 0. The maximum Gasteiger partial charge on any atom is 0.411 e. The van der Waals surface area contributed by atoms with E-state index in [0.717, 1.165) is 4.90 Å². The minimum absolute atomic E-state index is 0.0425. The molecule has 0 aliphatic rings. The highest BCUT2D eigenvalue weighted by molar-refractivity contribution is 5.72. The normalized spacial score (nSPS) is 10.1. The number of nitrogens with zero attached hydrogens (tertiary/aromatic N) is 1. The van der Waals surface area contributed by atoms with Crippen LogP contribution >= 0.6 is 0 Å². The van der Waals surface area contributed by atoms with Gasteiger partial charge < -0.3 is 9.53 Å². The first kappa shape index (κ1) is 12.5. The zero-order valence-corrected chi connectivity index (χ0v) is 8.74. The predicted octanol–water partition coefficient (Wildman–Crippen LogP) is 1.06. The highest BCUT2D eigenvalue weighted by Crippen LogP contribution is 2.09. The van der Waals surface area contributed by atoms with E-state index in [1.807, 2.05) is 0 Å². The molecule has 0 radical (unpaired) electrons. The molecule has 0 aromatic rings. The smallest absolute Gasteiger partial charge is 0.411 e.